The van der Waals surface area contributed by atoms with Crippen LogP contribution in [0.2, 0.25) is 5.02 Å². The molecule has 5 heteroatoms. The molecule has 0 bridgehead atoms. The molecule has 2 nitrogen and oxygen atoms in total. The summed E-state index contributed by atoms with van der Waals surface area (Å²) in [7, 11) is 0. The Morgan fingerprint density at radius 2 is 2.17 bits per heavy atom. The minimum Gasteiger partial charge on any atom is -0.347 e. The van der Waals surface area contributed by atoms with Gasteiger partial charge in [0.2, 0.25) is 0 Å². The highest BCUT2D eigenvalue weighted by molar-refractivity contribution is 9.11. The van der Waals surface area contributed by atoms with Crippen LogP contribution in [0.15, 0.2) is 34.1 Å². The van der Waals surface area contributed by atoms with Gasteiger partial charge in [-0.1, -0.05) is 23.7 Å². The summed E-state index contributed by atoms with van der Waals surface area (Å²) in [5.74, 6) is -0.145. The van der Waals surface area contributed by atoms with Crippen molar-refractivity contribution in [3.8, 4) is 0 Å². The van der Waals surface area contributed by atoms with E-state index >= 15 is 0 Å². The first-order chi connectivity index (χ1) is 8.58. The maximum absolute atomic E-state index is 12.0. The summed E-state index contributed by atoms with van der Waals surface area (Å²) >= 11 is 11.1. The molecule has 0 unspecified atom stereocenters. The van der Waals surface area contributed by atoms with Crippen LogP contribution >= 0.6 is 38.9 Å². The Morgan fingerprint density at radius 3 is 2.83 bits per heavy atom. The second-order valence-corrected chi connectivity index (χ2v) is 6.75. The molecular weight excluding hydrogens is 334 g/mol. The lowest BCUT2D eigenvalue weighted by molar-refractivity contribution is 0.0951. The molecule has 0 atom stereocenters. The summed E-state index contributed by atoms with van der Waals surface area (Å²) < 4.78 is 1.06. The Bertz CT molecular complexity index is 582. The Balaban J connectivity index is 2.06. The molecule has 1 heterocycles. The molecular formula is C13H11BrClNOS. The third-order valence-electron chi connectivity index (χ3n) is 2.49. The smallest absolute Gasteiger partial charge is 0.253 e. The molecule has 0 fully saturated rings. The normalized spacial score (nSPS) is 10.4. The SMILES string of the molecule is Cc1cccc(C(=O)NCc2ccc(Br)s2)c1Cl. The summed E-state index contributed by atoms with van der Waals surface area (Å²) in [5, 5.41) is 3.38. The summed E-state index contributed by atoms with van der Waals surface area (Å²) in [6.45, 7) is 2.40. The molecule has 1 N–H and O–H groups in total. The number of amides is 1. The van der Waals surface area contributed by atoms with E-state index in [0.29, 0.717) is 17.1 Å². The zero-order valence-corrected chi connectivity index (χ0v) is 12.8. The Hall–Kier alpha value is -0.840. The number of aryl methyl sites for hydroxylation is 1. The first-order valence-electron chi connectivity index (χ1n) is 5.35. The molecule has 0 saturated heterocycles. The summed E-state index contributed by atoms with van der Waals surface area (Å²) in [5.41, 5.74) is 1.43. The average Bonchev–Trinajstić information content (AvgIpc) is 2.76. The summed E-state index contributed by atoms with van der Waals surface area (Å²) in [6, 6.07) is 9.39. The second kappa shape index (κ2) is 5.87. The lowest BCUT2D eigenvalue weighted by Gasteiger charge is -2.07. The van der Waals surface area contributed by atoms with Crippen LogP contribution in [0, 0.1) is 6.92 Å². The summed E-state index contributed by atoms with van der Waals surface area (Å²) in [6.07, 6.45) is 0. The quantitative estimate of drug-likeness (QED) is 0.878. The van der Waals surface area contributed by atoms with Crippen LogP contribution in [-0.2, 0) is 6.54 Å². The molecule has 2 aromatic rings. The lowest BCUT2D eigenvalue weighted by atomic mass is 10.1. The van der Waals surface area contributed by atoms with Crippen molar-refractivity contribution in [2.45, 2.75) is 13.5 Å². The largest absolute Gasteiger partial charge is 0.347 e. The van der Waals surface area contributed by atoms with E-state index in [0.717, 1.165) is 14.2 Å². The average molecular weight is 345 g/mol. The first kappa shape index (κ1) is 13.6. The minimum absolute atomic E-state index is 0.145. The van der Waals surface area contributed by atoms with Crippen molar-refractivity contribution in [1.29, 1.82) is 0 Å². The predicted octanol–water partition coefficient (Wildman–Crippen LogP) is 4.40. The van der Waals surface area contributed by atoms with E-state index in [4.69, 9.17) is 11.6 Å². The fourth-order valence-corrected chi connectivity index (χ4v) is 3.17. The molecule has 0 radical (unpaired) electrons. The standard InChI is InChI=1S/C13H11BrClNOS/c1-8-3-2-4-10(12(8)15)13(17)16-7-9-5-6-11(14)18-9/h2-6H,7H2,1H3,(H,16,17). The van der Waals surface area contributed by atoms with Gasteiger partial charge in [-0.3, -0.25) is 4.79 Å². The highest BCUT2D eigenvalue weighted by Gasteiger charge is 2.11. The maximum atomic E-state index is 12.0. The van der Waals surface area contributed by atoms with Gasteiger partial charge in [0, 0.05) is 4.88 Å². The molecule has 0 saturated carbocycles. The van der Waals surface area contributed by atoms with Gasteiger partial charge >= 0.3 is 0 Å². The van der Waals surface area contributed by atoms with Gasteiger partial charge in [0.15, 0.2) is 0 Å². The van der Waals surface area contributed by atoms with E-state index in [1.54, 1.807) is 17.4 Å². The number of halogens is 2. The number of thiophene rings is 1. The fourth-order valence-electron chi connectivity index (χ4n) is 1.53. The zero-order chi connectivity index (χ0) is 13.1. The van der Waals surface area contributed by atoms with Gasteiger partial charge in [-0.15, -0.1) is 11.3 Å². The number of carbonyl (C=O) groups excluding carboxylic acids is 1. The third-order valence-corrected chi connectivity index (χ3v) is 4.61. The van der Waals surface area contributed by atoms with E-state index in [9.17, 15) is 4.79 Å². The van der Waals surface area contributed by atoms with Crippen molar-refractivity contribution < 1.29 is 4.79 Å². The zero-order valence-electron chi connectivity index (χ0n) is 9.67. The maximum Gasteiger partial charge on any atom is 0.253 e. The molecule has 18 heavy (non-hydrogen) atoms. The van der Waals surface area contributed by atoms with Crippen molar-refractivity contribution in [3.63, 3.8) is 0 Å². The highest BCUT2D eigenvalue weighted by Crippen LogP contribution is 2.23. The number of hydrogen-bond donors (Lipinski definition) is 1. The van der Waals surface area contributed by atoms with E-state index in [1.165, 1.54) is 0 Å². The lowest BCUT2D eigenvalue weighted by Crippen LogP contribution is -2.22. The van der Waals surface area contributed by atoms with Crippen molar-refractivity contribution in [3.05, 3.63) is 55.1 Å². The molecule has 0 aliphatic heterocycles. The van der Waals surface area contributed by atoms with Gasteiger partial charge in [0.1, 0.15) is 0 Å². The molecule has 1 aromatic heterocycles. The topological polar surface area (TPSA) is 29.1 Å². The van der Waals surface area contributed by atoms with E-state index < -0.39 is 0 Å². The Kier molecular flexibility index (Phi) is 4.43. The van der Waals surface area contributed by atoms with Gasteiger partial charge in [-0.2, -0.15) is 0 Å². The molecule has 94 valence electrons. The number of nitrogens with one attached hydrogen (secondary N) is 1. The monoisotopic (exact) mass is 343 g/mol. The van der Waals surface area contributed by atoms with Gasteiger partial charge in [0.25, 0.3) is 5.91 Å². The number of rotatable bonds is 3. The van der Waals surface area contributed by atoms with Crippen molar-refractivity contribution in [2.24, 2.45) is 0 Å². The van der Waals surface area contributed by atoms with Crippen LogP contribution in [-0.4, -0.2) is 5.91 Å². The van der Waals surface area contributed by atoms with Gasteiger partial charge in [-0.25, -0.2) is 0 Å². The van der Waals surface area contributed by atoms with Crippen LogP contribution in [0.25, 0.3) is 0 Å². The minimum atomic E-state index is -0.145. The Labute approximate surface area is 123 Å². The predicted molar refractivity (Wildman–Crippen MR) is 79.4 cm³/mol. The molecule has 0 aliphatic rings. The van der Waals surface area contributed by atoms with Crippen LogP contribution in [0.5, 0.6) is 0 Å². The molecule has 1 amide bonds. The van der Waals surface area contributed by atoms with Crippen LogP contribution in [0.1, 0.15) is 20.8 Å². The third kappa shape index (κ3) is 3.13. The van der Waals surface area contributed by atoms with Crippen LogP contribution in [0.4, 0.5) is 0 Å². The molecule has 0 spiro atoms. The molecule has 1 aromatic carbocycles. The molecule has 0 aliphatic carbocycles. The fraction of sp³-hybridized carbons (Fsp3) is 0.154. The van der Waals surface area contributed by atoms with E-state index in [1.807, 2.05) is 31.2 Å². The van der Waals surface area contributed by atoms with Gasteiger partial charge in [0.05, 0.1) is 20.9 Å². The second-order valence-electron chi connectivity index (χ2n) is 3.82. The van der Waals surface area contributed by atoms with Gasteiger partial charge in [-0.05, 0) is 46.6 Å². The number of hydrogen-bond acceptors (Lipinski definition) is 2. The number of benzene rings is 1. The summed E-state index contributed by atoms with van der Waals surface area (Å²) in [4.78, 5) is 13.1. The van der Waals surface area contributed by atoms with Gasteiger partial charge < -0.3 is 5.32 Å². The van der Waals surface area contributed by atoms with Crippen LogP contribution in [0.3, 0.4) is 0 Å². The van der Waals surface area contributed by atoms with E-state index in [2.05, 4.69) is 21.2 Å². The highest BCUT2D eigenvalue weighted by atomic mass is 79.9. The van der Waals surface area contributed by atoms with E-state index in [-0.39, 0.29) is 5.91 Å². The molecule has 2 rings (SSSR count). The van der Waals surface area contributed by atoms with Crippen molar-refractivity contribution >= 4 is 44.8 Å². The van der Waals surface area contributed by atoms with Crippen molar-refractivity contribution in [2.75, 3.05) is 0 Å². The first-order valence-corrected chi connectivity index (χ1v) is 7.34. The van der Waals surface area contributed by atoms with Crippen molar-refractivity contribution in [1.82, 2.24) is 5.32 Å². The Morgan fingerprint density at radius 1 is 1.39 bits per heavy atom. The van der Waals surface area contributed by atoms with Crippen LogP contribution < -0.4 is 5.32 Å². The number of carbonyl (C=O) groups is 1.